The van der Waals surface area contributed by atoms with E-state index in [4.69, 9.17) is 17.4 Å². The summed E-state index contributed by atoms with van der Waals surface area (Å²) in [4.78, 5) is 15.9. The Morgan fingerprint density at radius 2 is 2.17 bits per heavy atom. The van der Waals surface area contributed by atoms with Crippen molar-refractivity contribution in [2.75, 3.05) is 12.0 Å². The largest absolute Gasteiger partial charge is 0.351 e. The minimum atomic E-state index is -0.270. The van der Waals surface area contributed by atoms with E-state index in [1.807, 2.05) is 0 Å². The van der Waals surface area contributed by atoms with Crippen molar-refractivity contribution >= 4 is 23.3 Å². The smallest absolute Gasteiger partial charge is 0.271 e. The van der Waals surface area contributed by atoms with Crippen LogP contribution in [0.1, 0.15) is 43.1 Å². The number of pyridine rings is 1. The molecule has 0 atom stereocenters. The lowest BCUT2D eigenvalue weighted by Gasteiger charge is -2.07. The molecule has 1 amide bonds. The first-order chi connectivity index (χ1) is 8.69. The molecule has 0 fully saturated rings. The van der Waals surface area contributed by atoms with Crippen LogP contribution >= 0.6 is 11.6 Å². The van der Waals surface area contributed by atoms with E-state index in [1.54, 1.807) is 12.1 Å². The summed E-state index contributed by atoms with van der Waals surface area (Å²) in [6.45, 7) is 2.78. The predicted molar refractivity (Wildman–Crippen MR) is 73.5 cm³/mol. The summed E-state index contributed by atoms with van der Waals surface area (Å²) < 4.78 is 0. The van der Waals surface area contributed by atoms with Gasteiger partial charge in [0.05, 0.1) is 5.02 Å². The van der Waals surface area contributed by atoms with Crippen LogP contribution in [0.15, 0.2) is 12.1 Å². The number of halogens is 1. The van der Waals surface area contributed by atoms with Crippen LogP contribution in [0, 0.1) is 0 Å². The number of rotatable bonds is 7. The zero-order valence-corrected chi connectivity index (χ0v) is 11.3. The molecule has 0 radical (unpaired) electrons. The SMILES string of the molecule is CCCCCCNC(=O)c1nc(NN)ccc1Cl. The third-order valence-electron chi connectivity index (χ3n) is 2.52. The van der Waals surface area contributed by atoms with E-state index >= 15 is 0 Å². The monoisotopic (exact) mass is 270 g/mol. The first kappa shape index (κ1) is 14.7. The topological polar surface area (TPSA) is 80.0 Å². The molecule has 0 aliphatic carbocycles. The molecule has 1 rings (SSSR count). The van der Waals surface area contributed by atoms with E-state index in [0.29, 0.717) is 17.4 Å². The fraction of sp³-hybridized carbons (Fsp3) is 0.500. The summed E-state index contributed by atoms with van der Waals surface area (Å²) in [6, 6.07) is 3.20. The highest BCUT2D eigenvalue weighted by atomic mass is 35.5. The molecule has 1 heterocycles. The van der Waals surface area contributed by atoms with Crippen molar-refractivity contribution in [3.63, 3.8) is 0 Å². The van der Waals surface area contributed by atoms with Crippen LogP contribution in [0.4, 0.5) is 5.82 Å². The standard InChI is InChI=1S/C12H19ClN4O/c1-2-3-4-5-8-15-12(18)11-9(13)6-7-10(16-11)17-14/h6-7H,2-5,8,14H2,1H3,(H,15,18)(H,16,17). The number of anilines is 1. The van der Waals surface area contributed by atoms with Crippen molar-refractivity contribution < 1.29 is 4.79 Å². The van der Waals surface area contributed by atoms with Gasteiger partial charge in [0.2, 0.25) is 0 Å². The second-order valence-corrected chi connectivity index (χ2v) is 4.40. The van der Waals surface area contributed by atoms with Gasteiger partial charge in [0.1, 0.15) is 11.5 Å². The molecule has 5 nitrogen and oxygen atoms in total. The zero-order valence-electron chi connectivity index (χ0n) is 10.5. The Kier molecular flexibility index (Phi) is 6.46. The van der Waals surface area contributed by atoms with Crippen LogP contribution in [-0.2, 0) is 0 Å². The average Bonchev–Trinajstić information content (AvgIpc) is 2.39. The van der Waals surface area contributed by atoms with E-state index in [-0.39, 0.29) is 11.6 Å². The van der Waals surface area contributed by atoms with Gasteiger partial charge in [0, 0.05) is 6.54 Å². The molecular weight excluding hydrogens is 252 g/mol. The maximum atomic E-state index is 11.8. The molecule has 0 saturated carbocycles. The van der Waals surface area contributed by atoms with Crippen molar-refractivity contribution in [1.82, 2.24) is 10.3 Å². The number of amides is 1. The highest BCUT2D eigenvalue weighted by Crippen LogP contribution is 2.16. The van der Waals surface area contributed by atoms with E-state index in [9.17, 15) is 4.79 Å². The van der Waals surface area contributed by atoms with Gasteiger partial charge in [-0.15, -0.1) is 0 Å². The molecule has 0 spiro atoms. The van der Waals surface area contributed by atoms with Crippen LogP contribution in [-0.4, -0.2) is 17.4 Å². The molecule has 0 aliphatic rings. The second kappa shape index (κ2) is 7.89. The number of carbonyl (C=O) groups excluding carboxylic acids is 1. The van der Waals surface area contributed by atoms with Crippen molar-refractivity contribution in [3.05, 3.63) is 22.8 Å². The molecule has 0 aliphatic heterocycles. The lowest BCUT2D eigenvalue weighted by atomic mass is 10.2. The molecule has 0 aromatic carbocycles. The Hall–Kier alpha value is -1.33. The Bertz CT molecular complexity index is 398. The van der Waals surface area contributed by atoms with E-state index < -0.39 is 0 Å². The Balaban J connectivity index is 2.50. The van der Waals surface area contributed by atoms with Crippen molar-refractivity contribution in [1.29, 1.82) is 0 Å². The molecule has 0 bridgehead atoms. The molecule has 100 valence electrons. The Morgan fingerprint density at radius 1 is 1.39 bits per heavy atom. The molecular formula is C12H19ClN4O. The van der Waals surface area contributed by atoms with Crippen LogP contribution in [0.2, 0.25) is 5.02 Å². The average molecular weight is 271 g/mol. The number of unbranched alkanes of at least 4 members (excludes halogenated alkanes) is 3. The quantitative estimate of drug-likeness (QED) is 0.404. The van der Waals surface area contributed by atoms with Crippen LogP contribution in [0.5, 0.6) is 0 Å². The van der Waals surface area contributed by atoms with Gasteiger partial charge >= 0.3 is 0 Å². The maximum absolute atomic E-state index is 11.8. The first-order valence-electron chi connectivity index (χ1n) is 6.10. The number of hydrazine groups is 1. The molecule has 1 aromatic rings. The lowest BCUT2D eigenvalue weighted by Crippen LogP contribution is -2.26. The van der Waals surface area contributed by atoms with Gasteiger partial charge in [-0.1, -0.05) is 37.8 Å². The van der Waals surface area contributed by atoms with Gasteiger partial charge in [0.15, 0.2) is 0 Å². The van der Waals surface area contributed by atoms with Gasteiger partial charge < -0.3 is 10.7 Å². The molecule has 4 N–H and O–H groups in total. The van der Waals surface area contributed by atoms with E-state index in [1.165, 1.54) is 12.8 Å². The summed E-state index contributed by atoms with van der Waals surface area (Å²) in [6.07, 6.45) is 4.43. The molecule has 6 heteroatoms. The fourth-order valence-corrected chi connectivity index (χ4v) is 1.71. The highest BCUT2D eigenvalue weighted by molar-refractivity contribution is 6.33. The minimum absolute atomic E-state index is 0.197. The summed E-state index contributed by atoms with van der Waals surface area (Å²) in [7, 11) is 0. The number of nitrogens with zero attached hydrogens (tertiary/aromatic N) is 1. The Labute approximate surface area is 112 Å². The van der Waals surface area contributed by atoms with Crippen LogP contribution in [0.25, 0.3) is 0 Å². The van der Waals surface area contributed by atoms with Gasteiger partial charge in [-0.05, 0) is 18.6 Å². The first-order valence-corrected chi connectivity index (χ1v) is 6.48. The van der Waals surface area contributed by atoms with Gasteiger partial charge in [-0.2, -0.15) is 0 Å². The van der Waals surface area contributed by atoms with E-state index in [2.05, 4.69) is 22.7 Å². The fourth-order valence-electron chi connectivity index (χ4n) is 1.52. The number of hydrogen-bond acceptors (Lipinski definition) is 4. The number of hydrogen-bond donors (Lipinski definition) is 3. The Morgan fingerprint density at radius 3 is 2.83 bits per heavy atom. The number of nitrogens with one attached hydrogen (secondary N) is 2. The lowest BCUT2D eigenvalue weighted by molar-refractivity contribution is 0.0948. The third-order valence-corrected chi connectivity index (χ3v) is 2.83. The predicted octanol–water partition coefficient (Wildman–Crippen LogP) is 2.33. The van der Waals surface area contributed by atoms with E-state index in [0.717, 1.165) is 12.8 Å². The number of aromatic nitrogens is 1. The normalized spacial score (nSPS) is 10.2. The van der Waals surface area contributed by atoms with Crippen molar-refractivity contribution in [2.24, 2.45) is 5.84 Å². The summed E-state index contributed by atoms with van der Waals surface area (Å²) >= 11 is 5.92. The summed E-state index contributed by atoms with van der Waals surface area (Å²) in [5.74, 6) is 5.38. The van der Waals surface area contributed by atoms with Gasteiger partial charge in [-0.25, -0.2) is 10.8 Å². The van der Waals surface area contributed by atoms with Crippen LogP contribution in [0.3, 0.4) is 0 Å². The van der Waals surface area contributed by atoms with Crippen molar-refractivity contribution in [2.45, 2.75) is 32.6 Å². The molecule has 0 saturated heterocycles. The highest BCUT2D eigenvalue weighted by Gasteiger charge is 2.12. The molecule has 0 unspecified atom stereocenters. The zero-order chi connectivity index (χ0) is 13.4. The molecule has 18 heavy (non-hydrogen) atoms. The molecule has 1 aromatic heterocycles. The summed E-state index contributed by atoms with van der Waals surface area (Å²) in [5, 5.41) is 3.12. The maximum Gasteiger partial charge on any atom is 0.271 e. The minimum Gasteiger partial charge on any atom is -0.351 e. The van der Waals surface area contributed by atoms with Gasteiger partial charge in [0.25, 0.3) is 5.91 Å². The third kappa shape index (κ3) is 4.50. The van der Waals surface area contributed by atoms with Gasteiger partial charge in [-0.3, -0.25) is 4.79 Å². The number of carbonyl (C=O) groups is 1. The van der Waals surface area contributed by atoms with Crippen molar-refractivity contribution in [3.8, 4) is 0 Å². The summed E-state index contributed by atoms with van der Waals surface area (Å²) in [5.41, 5.74) is 2.58. The van der Waals surface area contributed by atoms with Crippen LogP contribution < -0.4 is 16.6 Å². The number of nitrogen functional groups attached to an aromatic ring is 1. The second-order valence-electron chi connectivity index (χ2n) is 3.99. The number of nitrogens with two attached hydrogens (primary N) is 1.